The monoisotopic (exact) mass is 487 g/mol. The minimum atomic E-state index is -3.76. The number of benzene rings is 2. The predicted molar refractivity (Wildman–Crippen MR) is 137 cm³/mol. The molecule has 0 fully saturated rings. The van der Waals surface area contributed by atoms with Gasteiger partial charge in [0.1, 0.15) is 12.6 Å². The van der Waals surface area contributed by atoms with Gasteiger partial charge in [-0.15, -0.1) is 0 Å². The summed E-state index contributed by atoms with van der Waals surface area (Å²) in [7, 11) is -3.76. The van der Waals surface area contributed by atoms with Crippen LogP contribution in [0.4, 0.5) is 5.69 Å². The van der Waals surface area contributed by atoms with Gasteiger partial charge in [0, 0.05) is 12.1 Å². The molecule has 186 valence electrons. The van der Waals surface area contributed by atoms with Gasteiger partial charge >= 0.3 is 0 Å². The number of rotatable bonds is 8. The van der Waals surface area contributed by atoms with E-state index in [2.05, 4.69) is 5.32 Å². The van der Waals surface area contributed by atoms with Crippen molar-refractivity contribution in [2.45, 2.75) is 66.6 Å². The molecule has 2 aromatic carbocycles. The number of anilines is 1. The number of carbonyl (C=O) groups is 2. The SMILES string of the molecule is Cc1ccccc1CN(C(=O)CN(c1c(C)cccc1C)S(C)(=O)=O)C(C)C(=O)NC(C)(C)C. The molecule has 7 nitrogen and oxygen atoms in total. The summed E-state index contributed by atoms with van der Waals surface area (Å²) in [5.74, 6) is -0.750. The molecular formula is C26H37N3O4S. The lowest BCUT2D eigenvalue weighted by Gasteiger charge is -2.34. The van der Waals surface area contributed by atoms with Crippen molar-refractivity contribution in [1.82, 2.24) is 10.2 Å². The smallest absolute Gasteiger partial charge is 0.244 e. The first kappa shape index (κ1) is 27.4. The van der Waals surface area contributed by atoms with E-state index >= 15 is 0 Å². The second-order valence-electron chi connectivity index (χ2n) is 9.87. The molecule has 0 spiro atoms. The Hall–Kier alpha value is -2.87. The normalized spacial score (nSPS) is 12.7. The minimum absolute atomic E-state index is 0.189. The Bertz CT molecular complexity index is 1130. The topological polar surface area (TPSA) is 86.8 Å². The van der Waals surface area contributed by atoms with Gasteiger partial charge in [-0.2, -0.15) is 0 Å². The summed E-state index contributed by atoms with van der Waals surface area (Å²) >= 11 is 0. The third-order valence-corrected chi connectivity index (χ3v) is 6.75. The zero-order valence-electron chi connectivity index (χ0n) is 21.5. The maximum atomic E-state index is 13.7. The number of hydrogen-bond donors (Lipinski definition) is 1. The molecule has 0 aliphatic carbocycles. The van der Waals surface area contributed by atoms with E-state index in [1.807, 2.05) is 84.0 Å². The maximum absolute atomic E-state index is 13.7. The van der Waals surface area contributed by atoms with Crippen molar-refractivity contribution in [3.05, 3.63) is 64.7 Å². The number of amides is 2. The van der Waals surface area contributed by atoms with Crippen LogP contribution in [0.3, 0.4) is 0 Å². The number of sulfonamides is 1. The zero-order chi connectivity index (χ0) is 25.8. The van der Waals surface area contributed by atoms with Crippen LogP contribution in [0.15, 0.2) is 42.5 Å². The van der Waals surface area contributed by atoms with Crippen molar-refractivity contribution in [2.75, 3.05) is 17.1 Å². The Morgan fingerprint density at radius 3 is 1.97 bits per heavy atom. The van der Waals surface area contributed by atoms with Crippen LogP contribution < -0.4 is 9.62 Å². The van der Waals surface area contributed by atoms with Crippen LogP contribution in [0.1, 0.15) is 49.9 Å². The zero-order valence-corrected chi connectivity index (χ0v) is 22.3. The molecule has 34 heavy (non-hydrogen) atoms. The van der Waals surface area contributed by atoms with Gasteiger partial charge < -0.3 is 10.2 Å². The lowest BCUT2D eigenvalue weighted by molar-refractivity contribution is -0.140. The average molecular weight is 488 g/mol. The van der Waals surface area contributed by atoms with E-state index < -0.39 is 34.1 Å². The Morgan fingerprint density at radius 1 is 0.941 bits per heavy atom. The average Bonchev–Trinajstić information content (AvgIpc) is 2.69. The summed E-state index contributed by atoms with van der Waals surface area (Å²) in [6.45, 7) is 12.6. The highest BCUT2D eigenvalue weighted by molar-refractivity contribution is 7.92. The lowest BCUT2D eigenvalue weighted by Crippen LogP contribution is -2.54. The van der Waals surface area contributed by atoms with Crippen LogP contribution in [0.2, 0.25) is 0 Å². The van der Waals surface area contributed by atoms with Crippen molar-refractivity contribution in [3.63, 3.8) is 0 Å². The molecule has 0 heterocycles. The molecule has 0 aliphatic rings. The van der Waals surface area contributed by atoms with Gasteiger partial charge in [0.25, 0.3) is 0 Å². The highest BCUT2D eigenvalue weighted by atomic mass is 32.2. The van der Waals surface area contributed by atoms with Crippen molar-refractivity contribution in [3.8, 4) is 0 Å². The predicted octanol–water partition coefficient (Wildman–Crippen LogP) is 3.71. The van der Waals surface area contributed by atoms with Crippen molar-refractivity contribution < 1.29 is 18.0 Å². The highest BCUT2D eigenvalue weighted by Gasteiger charge is 2.32. The first-order valence-electron chi connectivity index (χ1n) is 11.3. The van der Waals surface area contributed by atoms with Crippen LogP contribution >= 0.6 is 0 Å². The third kappa shape index (κ3) is 7.06. The largest absolute Gasteiger partial charge is 0.350 e. The third-order valence-electron chi connectivity index (χ3n) is 5.64. The van der Waals surface area contributed by atoms with Gasteiger partial charge in [-0.05, 0) is 70.7 Å². The molecular weight excluding hydrogens is 450 g/mol. The molecule has 0 aromatic heterocycles. The van der Waals surface area contributed by atoms with E-state index in [9.17, 15) is 18.0 Å². The van der Waals surface area contributed by atoms with E-state index in [0.29, 0.717) is 5.69 Å². The van der Waals surface area contributed by atoms with Gasteiger partial charge in [0.15, 0.2) is 0 Å². The van der Waals surface area contributed by atoms with E-state index in [1.165, 1.54) is 4.90 Å². The maximum Gasteiger partial charge on any atom is 0.244 e. The molecule has 0 radical (unpaired) electrons. The van der Waals surface area contributed by atoms with Gasteiger partial charge in [0.2, 0.25) is 21.8 Å². The standard InChI is InChI=1S/C26H37N3O4S/c1-18-12-9-10-15-22(18)16-28(21(4)25(31)27-26(5,6)7)23(30)17-29(34(8,32)33)24-19(2)13-11-14-20(24)3/h9-15,21H,16-17H2,1-8H3,(H,27,31). The fourth-order valence-corrected chi connectivity index (χ4v) is 4.77. The highest BCUT2D eigenvalue weighted by Crippen LogP contribution is 2.27. The number of aryl methyl sites for hydroxylation is 3. The van der Waals surface area contributed by atoms with Gasteiger partial charge in [0.05, 0.1) is 11.9 Å². The number of carbonyl (C=O) groups excluding carboxylic acids is 2. The first-order valence-corrected chi connectivity index (χ1v) is 13.2. The quantitative estimate of drug-likeness (QED) is 0.615. The molecule has 0 saturated heterocycles. The summed E-state index contributed by atoms with van der Waals surface area (Å²) in [5.41, 5.74) is 3.40. The second-order valence-corrected chi connectivity index (χ2v) is 11.8. The van der Waals surface area contributed by atoms with Crippen LogP contribution in [-0.4, -0.2) is 49.5 Å². The Labute approximate surface area is 204 Å². The molecule has 1 unspecified atom stereocenters. The Kier molecular flexibility index (Phi) is 8.53. The van der Waals surface area contributed by atoms with E-state index in [4.69, 9.17) is 0 Å². The lowest BCUT2D eigenvalue weighted by atomic mass is 10.1. The molecule has 1 atom stereocenters. The van der Waals surface area contributed by atoms with Crippen LogP contribution in [0.5, 0.6) is 0 Å². The second kappa shape index (κ2) is 10.6. The van der Waals surface area contributed by atoms with E-state index in [-0.39, 0.29) is 12.5 Å². The fraction of sp³-hybridized carbons (Fsp3) is 0.462. The molecule has 8 heteroatoms. The fourth-order valence-electron chi connectivity index (χ4n) is 3.80. The van der Waals surface area contributed by atoms with E-state index in [0.717, 1.165) is 32.8 Å². The van der Waals surface area contributed by atoms with Crippen molar-refractivity contribution >= 4 is 27.5 Å². The van der Waals surface area contributed by atoms with Crippen LogP contribution in [0, 0.1) is 20.8 Å². The first-order chi connectivity index (χ1) is 15.6. The summed E-state index contributed by atoms with van der Waals surface area (Å²) in [5, 5.41) is 2.92. The summed E-state index contributed by atoms with van der Waals surface area (Å²) in [4.78, 5) is 28.1. The number of nitrogens with one attached hydrogen (secondary N) is 1. The molecule has 2 rings (SSSR count). The summed E-state index contributed by atoms with van der Waals surface area (Å²) in [6, 6.07) is 12.3. The summed E-state index contributed by atoms with van der Waals surface area (Å²) in [6.07, 6.45) is 1.09. The number of hydrogen-bond acceptors (Lipinski definition) is 4. The van der Waals surface area contributed by atoms with Crippen LogP contribution in [0.25, 0.3) is 0 Å². The number of nitrogens with zero attached hydrogens (tertiary/aromatic N) is 2. The minimum Gasteiger partial charge on any atom is -0.350 e. The van der Waals surface area contributed by atoms with Gasteiger partial charge in [-0.1, -0.05) is 42.5 Å². The molecule has 2 amide bonds. The molecule has 0 bridgehead atoms. The van der Waals surface area contributed by atoms with Crippen LogP contribution in [-0.2, 0) is 26.2 Å². The molecule has 0 saturated carbocycles. The van der Waals surface area contributed by atoms with Gasteiger partial charge in [-0.3, -0.25) is 13.9 Å². The molecule has 1 N–H and O–H groups in total. The van der Waals surface area contributed by atoms with Crippen molar-refractivity contribution in [2.24, 2.45) is 0 Å². The van der Waals surface area contributed by atoms with Crippen molar-refractivity contribution in [1.29, 1.82) is 0 Å². The molecule has 0 aliphatic heterocycles. The van der Waals surface area contributed by atoms with Gasteiger partial charge in [-0.25, -0.2) is 8.42 Å². The Morgan fingerprint density at radius 2 is 1.47 bits per heavy atom. The van der Waals surface area contributed by atoms with E-state index in [1.54, 1.807) is 6.92 Å². The summed E-state index contributed by atoms with van der Waals surface area (Å²) < 4.78 is 26.7. The number of para-hydroxylation sites is 1. The Balaban J connectivity index is 2.48. The molecule has 2 aromatic rings.